The van der Waals surface area contributed by atoms with Crippen LogP contribution in [-0.4, -0.2) is 0 Å². The van der Waals surface area contributed by atoms with E-state index in [4.69, 9.17) is 0 Å². The van der Waals surface area contributed by atoms with Crippen molar-refractivity contribution in [1.82, 2.24) is 0 Å². The Bertz CT molecular complexity index is 3830. The summed E-state index contributed by atoms with van der Waals surface area (Å²) in [5.41, 5.74) is 24.6. The second kappa shape index (κ2) is 16.9. The number of nitrogens with zero attached hydrogens (tertiary/aromatic N) is 1. The number of hydrogen-bond donors (Lipinski definition) is 0. The van der Waals surface area contributed by atoms with Crippen LogP contribution in [0.15, 0.2) is 237 Å². The molecule has 0 unspecified atom stereocenters. The van der Waals surface area contributed by atoms with Gasteiger partial charge in [0.25, 0.3) is 0 Å². The minimum Gasteiger partial charge on any atom is -0.310 e. The molecule has 11 aromatic carbocycles. The van der Waals surface area contributed by atoms with Crippen LogP contribution < -0.4 is 4.90 Å². The minimum atomic E-state index is 0.0147. The van der Waals surface area contributed by atoms with E-state index in [0.29, 0.717) is 0 Å². The molecule has 14 rings (SSSR count). The fourth-order valence-corrected chi connectivity index (χ4v) is 12.7. The van der Waals surface area contributed by atoms with E-state index in [1.165, 1.54) is 160 Å². The average molecular weight is 906 g/mol. The van der Waals surface area contributed by atoms with E-state index < -0.39 is 0 Å². The van der Waals surface area contributed by atoms with Crippen molar-refractivity contribution in [1.29, 1.82) is 0 Å². The van der Waals surface area contributed by atoms with Gasteiger partial charge >= 0.3 is 0 Å². The van der Waals surface area contributed by atoms with Gasteiger partial charge in [-0.3, -0.25) is 0 Å². The molecule has 1 saturated carbocycles. The van der Waals surface area contributed by atoms with Crippen molar-refractivity contribution in [3.8, 4) is 66.8 Å². The standard InChI is InChI=1S/C70H51N/c1-6-18-49(19-7-1)62-46-63(67(51-20-8-2-9-21-51)69-61-29-17-23-50-22-16-28-60(66(50)61)68(62)69)54-36-35-52-42-47(32-34-53(52)44-54)30-31-48-33-38-58-59-39-37-57(45-65(59)70(64(58)43-48)40-14-5-15-41-70)71(55-24-10-3-11-25-55)56-26-12-4-13-27-56/h1-4,6-13,16-39,42-46H,5,14-15,40-41H2/b31-30+. The molecule has 0 saturated heterocycles. The summed E-state index contributed by atoms with van der Waals surface area (Å²) in [5.74, 6) is 0. The number of rotatable bonds is 8. The number of anilines is 3. The van der Waals surface area contributed by atoms with E-state index in [1.54, 1.807) is 0 Å². The van der Waals surface area contributed by atoms with E-state index in [1.807, 2.05) is 0 Å². The molecule has 0 atom stereocenters. The van der Waals surface area contributed by atoms with Crippen molar-refractivity contribution in [2.75, 3.05) is 4.90 Å². The normalized spacial score (nSPS) is 14.0. The molecule has 3 aliphatic carbocycles. The van der Waals surface area contributed by atoms with Gasteiger partial charge in [-0.05, 0) is 178 Å². The van der Waals surface area contributed by atoms with Gasteiger partial charge in [0.15, 0.2) is 0 Å². The second-order valence-corrected chi connectivity index (χ2v) is 19.9. The van der Waals surface area contributed by atoms with Crippen molar-refractivity contribution >= 4 is 50.8 Å². The molecule has 71 heavy (non-hydrogen) atoms. The van der Waals surface area contributed by atoms with Crippen LogP contribution in [0.25, 0.3) is 100 Å². The van der Waals surface area contributed by atoms with Crippen LogP contribution in [0.5, 0.6) is 0 Å². The zero-order valence-electron chi connectivity index (χ0n) is 39.7. The maximum Gasteiger partial charge on any atom is 0.0465 e. The van der Waals surface area contributed by atoms with Crippen molar-refractivity contribution in [3.05, 3.63) is 259 Å². The molecule has 1 fully saturated rings. The van der Waals surface area contributed by atoms with Gasteiger partial charge in [0, 0.05) is 22.5 Å². The first-order chi connectivity index (χ1) is 35.2. The van der Waals surface area contributed by atoms with Gasteiger partial charge < -0.3 is 4.90 Å². The lowest BCUT2D eigenvalue weighted by molar-refractivity contribution is 0.353. The molecule has 0 N–H and O–H groups in total. The summed E-state index contributed by atoms with van der Waals surface area (Å²) in [4.78, 5) is 2.41. The summed E-state index contributed by atoms with van der Waals surface area (Å²) in [6, 6.07) is 88.2. The summed E-state index contributed by atoms with van der Waals surface area (Å²) >= 11 is 0. The Hall–Kier alpha value is -8.52. The van der Waals surface area contributed by atoms with Crippen LogP contribution in [0.2, 0.25) is 0 Å². The van der Waals surface area contributed by atoms with Gasteiger partial charge in [-0.25, -0.2) is 0 Å². The Morgan fingerprint density at radius 3 is 1.55 bits per heavy atom. The van der Waals surface area contributed by atoms with Crippen LogP contribution in [-0.2, 0) is 5.41 Å². The highest BCUT2D eigenvalue weighted by atomic mass is 15.1. The zero-order chi connectivity index (χ0) is 46.9. The molecule has 1 nitrogen and oxygen atoms in total. The first-order valence-electron chi connectivity index (χ1n) is 25.4. The van der Waals surface area contributed by atoms with Gasteiger partial charge in [-0.15, -0.1) is 0 Å². The van der Waals surface area contributed by atoms with E-state index >= 15 is 0 Å². The highest BCUT2D eigenvalue weighted by molar-refractivity contribution is 6.23. The smallest absolute Gasteiger partial charge is 0.0465 e. The number of benzene rings is 11. The maximum atomic E-state index is 2.52. The lowest BCUT2D eigenvalue weighted by Gasteiger charge is -2.37. The van der Waals surface area contributed by atoms with Gasteiger partial charge in [-0.1, -0.05) is 213 Å². The minimum absolute atomic E-state index is 0.0147. The summed E-state index contributed by atoms with van der Waals surface area (Å²) in [5, 5.41) is 5.10. The highest BCUT2D eigenvalue weighted by Gasteiger charge is 2.44. The zero-order valence-corrected chi connectivity index (χ0v) is 39.7. The Kier molecular flexibility index (Phi) is 9.85. The molecule has 0 aromatic heterocycles. The number of fused-ring (bicyclic) bond motifs is 9. The lowest BCUT2D eigenvalue weighted by Crippen LogP contribution is -2.28. The predicted molar refractivity (Wildman–Crippen MR) is 302 cm³/mol. The Labute approximate surface area is 416 Å². The van der Waals surface area contributed by atoms with E-state index in [-0.39, 0.29) is 5.41 Å². The Balaban J connectivity index is 0.828. The van der Waals surface area contributed by atoms with Crippen molar-refractivity contribution in [2.45, 2.75) is 37.5 Å². The van der Waals surface area contributed by atoms with Crippen LogP contribution in [0.3, 0.4) is 0 Å². The molecule has 1 heteroatoms. The van der Waals surface area contributed by atoms with E-state index in [9.17, 15) is 0 Å². The van der Waals surface area contributed by atoms with Crippen molar-refractivity contribution in [3.63, 3.8) is 0 Å². The molecule has 336 valence electrons. The summed E-state index contributed by atoms with van der Waals surface area (Å²) in [6.45, 7) is 0. The quantitative estimate of drug-likeness (QED) is 0.137. The summed E-state index contributed by atoms with van der Waals surface area (Å²) in [6.07, 6.45) is 10.8. The summed E-state index contributed by atoms with van der Waals surface area (Å²) < 4.78 is 0. The molecular weight excluding hydrogens is 855 g/mol. The fraction of sp³-hybridized carbons (Fsp3) is 0.0857. The molecule has 0 aliphatic heterocycles. The third kappa shape index (κ3) is 6.83. The van der Waals surface area contributed by atoms with Crippen molar-refractivity contribution in [2.24, 2.45) is 0 Å². The highest BCUT2D eigenvalue weighted by Crippen LogP contribution is 2.59. The predicted octanol–water partition coefficient (Wildman–Crippen LogP) is 19.5. The third-order valence-corrected chi connectivity index (χ3v) is 15.9. The fourth-order valence-electron chi connectivity index (χ4n) is 12.7. The molecule has 3 aliphatic rings. The SMILES string of the molecule is C(=C\c1ccc2cc(-c3cc(-c4ccccc4)c4c(c3-c3ccccc3)-c3cccc5cccc-4c35)ccc2c1)/c1ccc2c(c1)C1(CCCCC1)c1cc(N(c3ccccc3)c3ccccc3)ccc1-2. The first kappa shape index (κ1) is 41.5. The van der Waals surface area contributed by atoms with Crippen LogP contribution in [0, 0.1) is 0 Å². The summed E-state index contributed by atoms with van der Waals surface area (Å²) in [7, 11) is 0. The first-order valence-corrected chi connectivity index (χ1v) is 25.4. The number of hydrogen-bond acceptors (Lipinski definition) is 1. The average Bonchev–Trinajstić information content (AvgIpc) is 3.90. The maximum absolute atomic E-state index is 2.52. The number of para-hydroxylation sites is 2. The molecule has 1 spiro atoms. The third-order valence-electron chi connectivity index (χ3n) is 15.9. The largest absolute Gasteiger partial charge is 0.310 e. The van der Waals surface area contributed by atoms with Gasteiger partial charge in [0.1, 0.15) is 0 Å². The van der Waals surface area contributed by atoms with E-state index in [2.05, 4.69) is 254 Å². The molecule has 0 amide bonds. The van der Waals surface area contributed by atoms with Gasteiger partial charge in [-0.2, -0.15) is 0 Å². The van der Waals surface area contributed by atoms with Gasteiger partial charge in [0.05, 0.1) is 0 Å². The van der Waals surface area contributed by atoms with Crippen LogP contribution in [0.1, 0.15) is 54.4 Å². The van der Waals surface area contributed by atoms with Crippen LogP contribution >= 0.6 is 0 Å². The van der Waals surface area contributed by atoms with E-state index in [0.717, 1.165) is 0 Å². The monoisotopic (exact) mass is 905 g/mol. The Morgan fingerprint density at radius 2 is 0.859 bits per heavy atom. The molecule has 0 radical (unpaired) electrons. The Morgan fingerprint density at radius 1 is 0.310 bits per heavy atom. The molecule has 0 heterocycles. The molecule has 11 aromatic rings. The molecular formula is C70H51N. The second-order valence-electron chi connectivity index (χ2n) is 19.9. The lowest BCUT2D eigenvalue weighted by atomic mass is 9.67. The van der Waals surface area contributed by atoms with Crippen LogP contribution in [0.4, 0.5) is 17.1 Å². The molecule has 0 bridgehead atoms. The van der Waals surface area contributed by atoms with Gasteiger partial charge in [0.2, 0.25) is 0 Å². The van der Waals surface area contributed by atoms with Crippen molar-refractivity contribution < 1.29 is 0 Å². The topological polar surface area (TPSA) is 3.24 Å².